The van der Waals surface area contributed by atoms with Crippen LogP contribution in [0.5, 0.6) is 0 Å². The third-order valence-corrected chi connectivity index (χ3v) is 4.67. The van der Waals surface area contributed by atoms with Crippen LogP contribution in [-0.4, -0.2) is 24.1 Å². The summed E-state index contributed by atoms with van der Waals surface area (Å²) < 4.78 is 0. The lowest BCUT2D eigenvalue weighted by Gasteiger charge is -2.09. The topological polar surface area (TPSA) is 58.2 Å². The summed E-state index contributed by atoms with van der Waals surface area (Å²) in [5.41, 5.74) is 2.33. The summed E-state index contributed by atoms with van der Waals surface area (Å²) in [5, 5.41) is 5.88. The number of benzene rings is 2. The van der Waals surface area contributed by atoms with Crippen molar-refractivity contribution in [2.24, 2.45) is 0 Å². The normalized spacial score (nSPS) is 13.4. The van der Waals surface area contributed by atoms with Gasteiger partial charge in [-0.1, -0.05) is 24.3 Å². The number of hydrogen-bond acceptors (Lipinski definition) is 3. The summed E-state index contributed by atoms with van der Waals surface area (Å²) in [5.74, 6) is -0.0673. The maximum atomic E-state index is 12.4. The molecule has 0 atom stereocenters. The van der Waals surface area contributed by atoms with Crippen molar-refractivity contribution < 1.29 is 9.59 Å². The molecule has 2 aromatic carbocycles. The summed E-state index contributed by atoms with van der Waals surface area (Å²) in [6.45, 7) is 0. The number of hydrogen-bond donors (Lipinski definition) is 2. The Morgan fingerprint density at radius 3 is 2.46 bits per heavy atom. The molecule has 1 saturated carbocycles. The van der Waals surface area contributed by atoms with Gasteiger partial charge >= 0.3 is 0 Å². The van der Waals surface area contributed by atoms with Crippen LogP contribution in [0, 0.1) is 0 Å². The summed E-state index contributed by atoms with van der Waals surface area (Å²) in [6.07, 6.45) is 4.51. The van der Waals surface area contributed by atoms with Gasteiger partial charge in [-0.2, -0.15) is 0 Å². The van der Waals surface area contributed by atoms with Gasteiger partial charge in [0.15, 0.2) is 0 Å². The van der Waals surface area contributed by atoms with Crippen LogP contribution in [0.3, 0.4) is 0 Å². The van der Waals surface area contributed by atoms with Gasteiger partial charge in [-0.25, -0.2) is 0 Å². The lowest BCUT2D eigenvalue weighted by molar-refractivity contribution is -0.120. The van der Waals surface area contributed by atoms with Crippen LogP contribution in [0.15, 0.2) is 53.4 Å². The minimum atomic E-state index is -0.126. The SMILES string of the molecule is CSc1ccccc1C(=O)Nc1ccc(CC(=O)NC2CC2)cc1. The zero-order chi connectivity index (χ0) is 16.9. The second kappa shape index (κ2) is 7.53. The number of carbonyl (C=O) groups is 2. The van der Waals surface area contributed by atoms with E-state index in [1.165, 1.54) is 0 Å². The van der Waals surface area contributed by atoms with E-state index in [-0.39, 0.29) is 11.8 Å². The molecule has 1 aliphatic carbocycles. The molecule has 2 aromatic rings. The van der Waals surface area contributed by atoms with Gasteiger partial charge in [0.1, 0.15) is 0 Å². The molecule has 5 heteroatoms. The highest BCUT2D eigenvalue weighted by molar-refractivity contribution is 7.98. The minimum Gasteiger partial charge on any atom is -0.353 e. The lowest BCUT2D eigenvalue weighted by atomic mass is 10.1. The molecule has 0 aliphatic heterocycles. The van der Waals surface area contributed by atoms with E-state index in [0.29, 0.717) is 18.0 Å². The molecule has 3 rings (SSSR count). The molecular weight excluding hydrogens is 320 g/mol. The van der Waals surface area contributed by atoms with Crippen LogP contribution in [0.2, 0.25) is 0 Å². The highest BCUT2D eigenvalue weighted by atomic mass is 32.2. The first-order valence-electron chi connectivity index (χ1n) is 7.98. The molecule has 4 nitrogen and oxygen atoms in total. The van der Waals surface area contributed by atoms with E-state index >= 15 is 0 Å². The third kappa shape index (κ3) is 4.38. The van der Waals surface area contributed by atoms with E-state index in [4.69, 9.17) is 0 Å². The fourth-order valence-corrected chi connectivity index (χ4v) is 3.02. The number of rotatable bonds is 6. The summed E-state index contributed by atoms with van der Waals surface area (Å²) >= 11 is 1.55. The van der Waals surface area contributed by atoms with Gasteiger partial charge in [-0.05, 0) is 48.9 Å². The average molecular weight is 340 g/mol. The molecule has 1 fully saturated rings. The van der Waals surface area contributed by atoms with Crippen LogP contribution >= 0.6 is 11.8 Å². The van der Waals surface area contributed by atoms with Gasteiger partial charge in [0.05, 0.1) is 12.0 Å². The second-order valence-electron chi connectivity index (χ2n) is 5.87. The zero-order valence-electron chi connectivity index (χ0n) is 13.5. The number of amides is 2. The Hall–Kier alpha value is -2.27. The first-order valence-corrected chi connectivity index (χ1v) is 9.21. The highest BCUT2D eigenvalue weighted by Crippen LogP contribution is 2.21. The summed E-state index contributed by atoms with van der Waals surface area (Å²) in [7, 11) is 0. The molecule has 0 heterocycles. The van der Waals surface area contributed by atoms with Crippen molar-refractivity contribution >= 4 is 29.3 Å². The van der Waals surface area contributed by atoms with E-state index in [9.17, 15) is 9.59 Å². The molecular formula is C19H20N2O2S. The van der Waals surface area contributed by atoms with Gasteiger partial charge < -0.3 is 10.6 Å². The summed E-state index contributed by atoms with van der Waals surface area (Å²) in [6, 6.07) is 15.3. The molecule has 0 radical (unpaired) electrons. The highest BCUT2D eigenvalue weighted by Gasteiger charge is 2.23. The predicted molar refractivity (Wildman–Crippen MR) is 97.5 cm³/mol. The molecule has 124 valence electrons. The summed E-state index contributed by atoms with van der Waals surface area (Å²) in [4.78, 5) is 25.1. The first-order chi connectivity index (χ1) is 11.7. The van der Waals surface area contributed by atoms with Crippen LogP contribution in [0.4, 0.5) is 5.69 Å². The van der Waals surface area contributed by atoms with Crippen LogP contribution < -0.4 is 10.6 Å². The van der Waals surface area contributed by atoms with E-state index in [1.807, 2.05) is 54.8 Å². The van der Waals surface area contributed by atoms with Crippen molar-refractivity contribution in [3.8, 4) is 0 Å². The number of anilines is 1. The number of nitrogens with one attached hydrogen (secondary N) is 2. The van der Waals surface area contributed by atoms with Gasteiger partial charge in [0.25, 0.3) is 5.91 Å². The van der Waals surface area contributed by atoms with Crippen molar-refractivity contribution in [1.29, 1.82) is 0 Å². The monoisotopic (exact) mass is 340 g/mol. The standard InChI is InChI=1S/C19H20N2O2S/c1-24-17-5-3-2-4-16(17)19(23)21-15-8-6-13(7-9-15)12-18(22)20-14-10-11-14/h2-9,14H,10-12H2,1H3,(H,20,22)(H,21,23). The van der Waals surface area contributed by atoms with Gasteiger partial charge in [0, 0.05) is 16.6 Å². The van der Waals surface area contributed by atoms with Crippen molar-refractivity contribution in [1.82, 2.24) is 5.32 Å². The first kappa shape index (κ1) is 16.6. The van der Waals surface area contributed by atoms with Gasteiger partial charge in [-0.15, -0.1) is 11.8 Å². The maximum absolute atomic E-state index is 12.4. The molecule has 0 unspecified atom stereocenters. The van der Waals surface area contributed by atoms with Crippen molar-refractivity contribution in [2.75, 3.05) is 11.6 Å². The predicted octanol–water partition coefficient (Wildman–Crippen LogP) is 3.48. The van der Waals surface area contributed by atoms with Crippen LogP contribution in [0.1, 0.15) is 28.8 Å². The quantitative estimate of drug-likeness (QED) is 0.792. The van der Waals surface area contributed by atoms with E-state index in [0.717, 1.165) is 29.0 Å². The average Bonchev–Trinajstić information content (AvgIpc) is 3.40. The minimum absolute atomic E-state index is 0.0585. The van der Waals surface area contributed by atoms with E-state index in [2.05, 4.69) is 10.6 Å². The largest absolute Gasteiger partial charge is 0.353 e. The van der Waals surface area contributed by atoms with E-state index < -0.39 is 0 Å². The molecule has 1 aliphatic rings. The Morgan fingerprint density at radius 2 is 1.79 bits per heavy atom. The smallest absolute Gasteiger partial charge is 0.256 e. The zero-order valence-corrected chi connectivity index (χ0v) is 14.4. The second-order valence-corrected chi connectivity index (χ2v) is 6.72. The number of thioether (sulfide) groups is 1. The Bertz CT molecular complexity index is 739. The molecule has 24 heavy (non-hydrogen) atoms. The Balaban J connectivity index is 1.61. The molecule has 0 saturated heterocycles. The van der Waals surface area contributed by atoms with Crippen LogP contribution in [-0.2, 0) is 11.2 Å². The lowest BCUT2D eigenvalue weighted by Crippen LogP contribution is -2.26. The third-order valence-electron chi connectivity index (χ3n) is 3.87. The molecule has 2 amide bonds. The fraction of sp³-hybridized carbons (Fsp3) is 0.263. The van der Waals surface area contributed by atoms with Crippen molar-refractivity contribution in [2.45, 2.75) is 30.2 Å². The van der Waals surface area contributed by atoms with Crippen LogP contribution in [0.25, 0.3) is 0 Å². The molecule has 0 spiro atoms. The van der Waals surface area contributed by atoms with Gasteiger partial charge in [-0.3, -0.25) is 9.59 Å². The fourth-order valence-electron chi connectivity index (χ4n) is 2.43. The maximum Gasteiger partial charge on any atom is 0.256 e. The number of carbonyl (C=O) groups excluding carboxylic acids is 2. The molecule has 0 aromatic heterocycles. The Morgan fingerprint density at radius 1 is 1.08 bits per heavy atom. The molecule has 2 N–H and O–H groups in total. The van der Waals surface area contributed by atoms with Crippen molar-refractivity contribution in [3.63, 3.8) is 0 Å². The Labute approximate surface area is 146 Å². The van der Waals surface area contributed by atoms with E-state index in [1.54, 1.807) is 11.8 Å². The Kier molecular flexibility index (Phi) is 5.20. The van der Waals surface area contributed by atoms with Crippen molar-refractivity contribution in [3.05, 3.63) is 59.7 Å². The molecule has 0 bridgehead atoms. The van der Waals surface area contributed by atoms with Gasteiger partial charge in [0.2, 0.25) is 5.91 Å².